The molecule has 0 fully saturated rings. The van der Waals surface area contributed by atoms with E-state index in [-0.39, 0.29) is 11.3 Å². The number of non-ortho nitro benzene ring substituents is 1. The van der Waals surface area contributed by atoms with Crippen LogP contribution in [0.5, 0.6) is 0 Å². The first-order valence-electron chi connectivity index (χ1n) is 6.37. The number of nitrogens with one attached hydrogen (secondary N) is 1. The molecule has 0 spiro atoms. The molecule has 4 nitrogen and oxygen atoms in total. The van der Waals surface area contributed by atoms with Crippen molar-refractivity contribution >= 4 is 5.69 Å². The highest BCUT2D eigenvalue weighted by Gasteiger charge is 2.17. The summed E-state index contributed by atoms with van der Waals surface area (Å²) in [4.78, 5) is 10.1. The summed E-state index contributed by atoms with van der Waals surface area (Å²) in [6, 6.07) is 9.63. The molecule has 1 N–H and O–H groups in total. The molecule has 0 aliphatic heterocycles. The fraction of sp³-hybridized carbons (Fsp3) is 0.200. The third-order valence-electron chi connectivity index (χ3n) is 3.29. The van der Waals surface area contributed by atoms with Crippen molar-refractivity contribution in [1.29, 1.82) is 0 Å². The average molecular weight is 292 g/mol. The van der Waals surface area contributed by atoms with Crippen LogP contribution < -0.4 is 5.32 Å². The van der Waals surface area contributed by atoms with Gasteiger partial charge in [-0.15, -0.1) is 0 Å². The summed E-state index contributed by atoms with van der Waals surface area (Å²) >= 11 is 0. The van der Waals surface area contributed by atoms with Gasteiger partial charge in [0.25, 0.3) is 5.69 Å². The zero-order valence-electron chi connectivity index (χ0n) is 11.3. The molecule has 0 saturated carbocycles. The molecule has 0 heterocycles. The molecule has 2 rings (SSSR count). The van der Waals surface area contributed by atoms with E-state index in [2.05, 4.69) is 5.32 Å². The van der Waals surface area contributed by atoms with Crippen LogP contribution in [0.4, 0.5) is 14.5 Å². The third kappa shape index (κ3) is 3.41. The Hall–Kier alpha value is -2.34. The van der Waals surface area contributed by atoms with Crippen LogP contribution in [-0.4, -0.2) is 12.0 Å². The Kier molecular flexibility index (Phi) is 4.59. The Morgan fingerprint density at radius 2 is 1.86 bits per heavy atom. The Labute approximate surface area is 120 Å². The van der Waals surface area contributed by atoms with Gasteiger partial charge in [-0.25, -0.2) is 8.78 Å². The lowest BCUT2D eigenvalue weighted by Gasteiger charge is -2.17. The molecule has 0 aromatic heterocycles. The van der Waals surface area contributed by atoms with Gasteiger partial charge < -0.3 is 5.32 Å². The molecule has 1 atom stereocenters. The lowest BCUT2D eigenvalue weighted by molar-refractivity contribution is -0.384. The van der Waals surface area contributed by atoms with Crippen LogP contribution in [0.3, 0.4) is 0 Å². The quantitative estimate of drug-likeness (QED) is 0.679. The van der Waals surface area contributed by atoms with E-state index < -0.39 is 22.6 Å². The predicted octanol–water partition coefficient (Wildman–Crippen LogP) is 3.38. The number of nitro benzene ring substituents is 1. The van der Waals surface area contributed by atoms with E-state index in [0.29, 0.717) is 6.42 Å². The Morgan fingerprint density at radius 3 is 2.43 bits per heavy atom. The average Bonchev–Trinajstić information content (AvgIpc) is 2.48. The van der Waals surface area contributed by atoms with Gasteiger partial charge >= 0.3 is 0 Å². The number of hydrogen-bond acceptors (Lipinski definition) is 3. The summed E-state index contributed by atoms with van der Waals surface area (Å²) in [5, 5.41) is 13.5. The Balaban J connectivity index is 2.23. The Morgan fingerprint density at radius 1 is 1.19 bits per heavy atom. The molecule has 2 aromatic carbocycles. The van der Waals surface area contributed by atoms with Gasteiger partial charge in [0, 0.05) is 23.7 Å². The highest BCUT2D eigenvalue weighted by molar-refractivity contribution is 5.34. The van der Waals surface area contributed by atoms with E-state index in [9.17, 15) is 18.9 Å². The van der Waals surface area contributed by atoms with Crippen LogP contribution in [0.2, 0.25) is 0 Å². The summed E-state index contributed by atoms with van der Waals surface area (Å²) in [5.74, 6) is -1.77. The van der Waals surface area contributed by atoms with Crippen LogP contribution >= 0.6 is 0 Å². The van der Waals surface area contributed by atoms with E-state index in [4.69, 9.17) is 0 Å². The predicted molar refractivity (Wildman–Crippen MR) is 75.0 cm³/mol. The molecule has 0 aliphatic carbocycles. The second kappa shape index (κ2) is 6.41. The van der Waals surface area contributed by atoms with Crippen LogP contribution in [-0.2, 0) is 6.42 Å². The minimum absolute atomic E-state index is 0.00306. The van der Waals surface area contributed by atoms with Crippen LogP contribution in [0, 0.1) is 21.7 Å². The van der Waals surface area contributed by atoms with Crippen molar-refractivity contribution in [3.8, 4) is 0 Å². The van der Waals surface area contributed by atoms with Gasteiger partial charge in [-0.05, 0) is 25.1 Å². The summed E-state index contributed by atoms with van der Waals surface area (Å²) in [6.45, 7) is 0. The number of halogens is 2. The number of rotatable bonds is 5. The minimum atomic E-state index is -0.892. The lowest BCUT2D eigenvalue weighted by Crippen LogP contribution is -2.20. The second-order valence-electron chi connectivity index (χ2n) is 4.61. The highest BCUT2D eigenvalue weighted by Crippen LogP contribution is 2.23. The maximum Gasteiger partial charge on any atom is 0.269 e. The standard InChI is InChI=1S/C15H14F2N2O2/c1-18-14(12-3-2-4-13(16)15(12)17)9-10-5-7-11(8-6-10)19(20)21/h2-8,14,18H,9H2,1H3. The number of nitro groups is 1. The number of benzene rings is 2. The smallest absolute Gasteiger partial charge is 0.269 e. The molecule has 0 amide bonds. The van der Waals surface area contributed by atoms with Gasteiger partial charge in [0.1, 0.15) is 0 Å². The maximum atomic E-state index is 13.8. The summed E-state index contributed by atoms with van der Waals surface area (Å²) in [5.41, 5.74) is 1.02. The molecule has 0 aliphatic rings. The zero-order chi connectivity index (χ0) is 15.4. The van der Waals surface area contributed by atoms with Gasteiger partial charge in [0.2, 0.25) is 0 Å². The fourth-order valence-electron chi connectivity index (χ4n) is 2.15. The van der Waals surface area contributed by atoms with Crippen LogP contribution in [0.1, 0.15) is 17.2 Å². The summed E-state index contributed by atoms with van der Waals surface area (Å²) < 4.78 is 27.1. The molecule has 0 saturated heterocycles. The second-order valence-corrected chi connectivity index (χ2v) is 4.61. The number of likely N-dealkylation sites (N-methyl/N-ethyl adjacent to an activating group) is 1. The van der Waals surface area contributed by atoms with Crippen molar-refractivity contribution in [2.45, 2.75) is 12.5 Å². The fourth-order valence-corrected chi connectivity index (χ4v) is 2.15. The molecule has 0 radical (unpaired) electrons. The molecule has 21 heavy (non-hydrogen) atoms. The maximum absolute atomic E-state index is 13.8. The first kappa shape index (κ1) is 15.1. The van der Waals surface area contributed by atoms with Crippen molar-refractivity contribution in [3.05, 3.63) is 75.3 Å². The van der Waals surface area contributed by atoms with E-state index in [1.165, 1.54) is 24.3 Å². The molecule has 6 heteroatoms. The molecule has 2 aromatic rings. The van der Waals surface area contributed by atoms with Crippen LogP contribution in [0.25, 0.3) is 0 Å². The van der Waals surface area contributed by atoms with E-state index in [1.54, 1.807) is 19.2 Å². The number of hydrogen-bond donors (Lipinski definition) is 1. The van der Waals surface area contributed by atoms with Crippen molar-refractivity contribution in [2.24, 2.45) is 0 Å². The van der Waals surface area contributed by atoms with E-state index in [1.807, 2.05) is 0 Å². The third-order valence-corrected chi connectivity index (χ3v) is 3.29. The van der Waals surface area contributed by atoms with E-state index in [0.717, 1.165) is 11.6 Å². The Bertz CT molecular complexity index is 645. The molecular weight excluding hydrogens is 278 g/mol. The van der Waals surface area contributed by atoms with Crippen molar-refractivity contribution in [2.75, 3.05) is 7.05 Å². The normalized spacial score (nSPS) is 12.1. The van der Waals surface area contributed by atoms with Crippen molar-refractivity contribution in [3.63, 3.8) is 0 Å². The summed E-state index contributed by atoms with van der Waals surface area (Å²) in [7, 11) is 1.65. The van der Waals surface area contributed by atoms with Gasteiger partial charge in [-0.2, -0.15) is 0 Å². The van der Waals surface area contributed by atoms with Crippen molar-refractivity contribution < 1.29 is 13.7 Å². The van der Waals surface area contributed by atoms with Gasteiger partial charge in [-0.3, -0.25) is 10.1 Å². The lowest BCUT2D eigenvalue weighted by atomic mass is 9.98. The monoisotopic (exact) mass is 292 g/mol. The largest absolute Gasteiger partial charge is 0.313 e. The molecular formula is C15H14F2N2O2. The molecule has 0 bridgehead atoms. The minimum Gasteiger partial charge on any atom is -0.313 e. The first-order valence-corrected chi connectivity index (χ1v) is 6.37. The number of nitrogens with zero attached hydrogens (tertiary/aromatic N) is 1. The van der Waals surface area contributed by atoms with Gasteiger partial charge in [0.05, 0.1) is 4.92 Å². The van der Waals surface area contributed by atoms with Crippen molar-refractivity contribution in [1.82, 2.24) is 5.32 Å². The SMILES string of the molecule is CNC(Cc1ccc([N+](=O)[O-])cc1)c1cccc(F)c1F. The topological polar surface area (TPSA) is 55.2 Å². The first-order chi connectivity index (χ1) is 10.0. The van der Waals surface area contributed by atoms with Crippen LogP contribution in [0.15, 0.2) is 42.5 Å². The van der Waals surface area contributed by atoms with Gasteiger partial charge in [0.15, 0.2) is 11.6 Å². The zero-order valence-corrected chi connectivity index (χ0v) is 11.3. The van der Waals surface area contributed by atoms with Gasteiger partial charge in [-0.1, -0.05) is 24.3 Å². The summed E-state index contributed by atoms with van der Waals surface area (Å²) in [6.07, 6.45) is 0.398. The molecule has 1 unspecified atom stereocenters. The highest BCUT2D eigenvalue weighted by atomic mass is 19.2. The van der Waals surface area contributed by atoms with E-state index >= 15 is 0 Å². The molecule has 110 valence electrons.